The first-order valence-corrected chi connectivity index (χ1v) is 9.05. The van der Waals surface area contributed by atoms with Gasteiger partial charge in [0.05, 0.1) is 17.2 Å². The van der Waals surface area contributed by atoms with Gasteiger partial charge in [0, 0.05) is 30.9 Å². The number of carbonyl (C=O) groups is 1. The van der Waals surface area contributed by atoms with Gasteiger partial charge in [-0.25, -0.2) is 4.39 Å². The number of nitrogens with zero attached hydrogens (tertiary/aromatic N) is 1. The zero-order valence-electron chi connectivity index (χ0n) is 14.3. The molecule has 2 aromatic rings. The van der Waals surface area contributed by atoms with Crippen LogP contribution in [0.25, 0.3) is 0 Å². The van der Waals surface area contributed by atoms with Crippen molar-refractivity contribution in [1.29, 1.82) is 0 Å². The summed E-state index contributed by atoms with van der Waals surface area (Å²) in [6, 6.07) is 9.56. The number of methoxy groups -OCH3 is 1. The van der Waals surface area contributed by atoms with Crippen LogP contribution in [0.3, 0.4) is 0 Å². The van der Waals surface area contributed by atoms with Crippen molar-refractivity contribution in [3.8, 4) is 5.75 Å². The normalized spacial score (nSPS) is 16.6. The number of benzene rings is 2. The molecular formula is C19H19Cl2FN2O2. The number of ether oxygens (including phenoxy) is 1. The molecule has 138 valence electrons. The third-order valence-electron chi connectivity index (χ3n) is 4.49. The first-order chi connectivity index (χ1) is 12.5. The van der Waals surface area contributed by atoms with E-state index in [0.29, 0.717) is 33.8 Å². The Labute approximate surface area is 161 Å². The molecule has 7 heteroatoms. The standard InChI is InChI=1S/C19H19Cl2FN2O2/c1-26-18-16(20)8-13(9-17(18)21)19(25)23-10-12-6-7-24(11-12)15-4-2-14(22)3-5-15/h2-5,8-9,12H,6-7,10-11H2,1H3,(H,23,25). The number of hydrogen-bond donors (Lipinski definition) is 1. The number of hydrogen-bond acceptors (Lipinski definition) is 3. The van der Waals surface area contributed by atoms with Gasteiger partial charge in [-0.1, -0.05) is 23.2 Å². The summed E-state index contributed by atoms with van der Waals surface area (Å²) >= 11 is 12.2. The number of rotatable bonds is 5. The van der Waals surface area contributed by atoms with Crippen molar-refractivity contribution in [3.63, 3.8) is 0 Å². The Morgan fingerprint density at radius 1 is 1.27 bits per heavy atom. The zero-order chi connectivity index (χ0) is 18.7. The fraction of sp³-hybridized carbons (Fsp3) is 0.316. The zero-order valence-corrected chi connectivity index (χ0v) is 15.8. The summed E-state index contributed by atoms with van der Waals surface area (Å²) in [5.41, 5.74) is 1.39. The first kappa shape index (κ1) is 18.8. The van der Waals surface area contributed by atoms with E-state index in [0.717, 1.165) is 25.2 Å². The molecule has 26 heavy (non-hydrogen) atoms. The van der Waals surface area contributed by atoms with Crippen molar-refractivity contribution < 1.29 is 13.9 Å². The molecule has 4 nitrogen and oxygen atoms in total. The second-order valence-corrected chi connectivity index (χ2v) is 7.07. The highest BCUT2D eigenvalue weighted by Gasteiger charge is 2.23. The summed E-state index contributed by atoms with van der Waals surface area (Å²) < 4.78 is 18.1. The highest BCUT2D eigenvalue weighted by Crippen LogP contribution is 2.33. The number of nitrogens with one attached hydrogen (secondary N) is 1. The molecule has 0 bridgehead atoms. The molecule has 1 atom stereocenters. The van der Waals surface area contributed by atoms with Crippen LogP contribution in [-0.2, 0) is 0 Å². The molecule has 1 aliphatic heterocycles. The molecule has 2 aromatic carbocycles. The Bertz CT molecular complexity index is 776. The fourth-order valence-electron chi connectivity index (χ4n) is 3.11. The maximum Gasteiger partial charge on any atom is 0.251 e. The topological polar surface area (TPSA) is 41.6 Å². The predicted molar refractivity (Wildman–Crippen MR) is 102 cm³/mol. The molecule has 1 heterocycles. The summed E-state index contributed by atoms with van der Waals surface area (Å²) in [6.45, 7) is 2.25. The molecule has 1 amide bonds. The Balaban J connectivity index is 1.56. The largest absolute Gasteiger partial charge is 0.494 e. The van der Waals surface area contributed by atoms with Crippen LogP contribution < -0.4 is 15.0 Å². The molecule has 1 aliphatic rings. The summed E-state index contributed by atoms with van der Waals surface area (Å²) in [7, 11) is 1.47. The average molecular weight is 397 g/mol. The second-order valence-electron chi connectivity index (χ2n) is 6.26. The van der Waals surface area contributed by atoms with E-state index in [9.17, 15) is 9.18 Å². The Morgan fingerprint density at radius 3 is 2.54 bits per heavy atom. The average Bonchev–Trinajstić information content (AvgIpc) is 3.09. The van der Waals surface area contributed by atoms with Crippen LogP contribution in [-0.4, -0.2) is 32.7 Å². The van der Waals surface area contributed by atoms with Crippen molar-refractivity contribution in [2.75, 3.05) is 31.6 Å². The lowest BCUT2D eigenvalue weighted by Gasteiger charge is -2.19. The van der Waals surface area contributed by atoms with Crippen LogP contribution in [0.15, 0.2) is 36.4 Å². The third-order valence-corrected chi connectivity index (χ3v) is 5.06. The number of halogens is 3. The van der Waals surface area contributed by atoms with Crippen LogP contribution in [0.4, 0.5) is 10.1 Å². The van der Waals surface area contributed by atoms with Gasteiger partial charge in [0.2, 0.25) is 0 Å². The Morgan fingerprint density at radius 2 is 1.92 bits per heavy atom. The lowest BCUT2D eigenvalue weighted by Crippen LogP contribution is -2.31. The highest BCUT2D eigenvalue weighted by atomic mass is 35.5. The predicted octanol–water partition coefficient (Wildman–Crippen LogP) is 4.40. The maximum absolute atomic E-state index is 13.0. The van der Waals surface area contributed by atoms with Gasteiger partial charge in [0.1, 0.15) is 5.82 Å². The van der Waals surface area contributed by atoms with E-state index in [1.54, 1.807) is 24.3 Å². The van der Waals surface area contributed by atoms with E-state index in [1.165, 1.54) is 19.2 Å². The van der Waals surface area contributed by atoms with Crippen molar-refractivity contribution >= 4 is 34.8 Å². The molecule has 1 unspecified atom stereocenters. The summed E-state index contributed by atoms with van der Waals surface area (Å²) in [4.78, 5) is 14.6. The van der Waals surface area contributed by atoms with Crippen molar-refractivity contribution in [2.45, 2.75) is 6.42 Å². The van der Waals surface area contributed by atoms with Crippen LogP contribution in [0.5, 0.6) is 5.75 Å². The highest BCUT2D eigenvalue weighted by molar-refractivity contribution is 6.37. The third kappa shape index (κ3) is 4.22. The van der Waals surface area contributed by atoms with E-state index in [1.807, 2.05) is 0 Å². The van der Waals surface area contributed by atoms with E-state index >= 15 is 0 Å². The molecule has 0 aromatic heterocycles. The minimum atomic E-state index is -0.242. The maximum atomic E-state index is 13.0. The summed E-state index contributed by atoms with van der Waals surface area (Å²) in [5.74, 6) is 0.217. The molecule has 0 saturated carbocycles. The van der Waals surface area contributed by atoms with Crippen LogP contribution in [0.1, 0.15) is 16.8 Å². The van der Waals surface area contributed by atoms with Gasteiger partial charge < -0.3 is 15.0 Å². The van der Waals surface area contributed by atoms with Crippen LogP contribution in [0, 0.1) is 11.7 Å². The first-order valence-electron chi connectivity index (χ1n) is 8.29. The Hall–Kier alpha value is -1.98. The molecule has 1 saturated heterocycles. The Kier molecular flexibility index (Phi) is 5.89. The van der Waals surface area contributed by atoms with Gasteiger partial charge in [-0.05, 0) is 48.7 Å². The fourth-order valence-corrected chi connectivity index (χ4v) is 3.75. The molecule has 1 N–H and O–H groups in total. The van der Waals surface area contributed by atoms with Gasteiger partial charge in [-0.15, -0.1) is 0 Å². The number of carbonyl (C=O) groups excluding carboxylic acids is 1. The van der Waals surface area contributed by atoms with Crippen molar-refractivity contribution in [3.05, 3.63) is 57.8 Å². The van der Waals surface area contributed by atoms with Crippen LogP contribution in [0.2, 0.25) is 10.0 Å². The molecular weight excluding hydrogens is 378 g/mol. The minimum absolute atomic E-state index is 0.225. The lowest BCUT2D eigenvalue weighted by molar-refractivity contribution is 0.0948. The lowest BCUT2D eigenvalue weighted by atomic mass is 10.1. The van der Waals surface area contributed by atoms with Gasteiger partial charge in [-0.3, -0.25) is 4.79 Å². The van der Waals surface area contributed by atoms with E-state index in [2.05, 4.69) is 10.2 Å². The van der Waals surface area contributed by atoms with Crippen LogP contribution >= 0.6 is 23.2 Å². The molecule has 0 radical (unpaired) electrons. The smallest absolute Gasteiger partial charge is 0.251 e. The van der Waals surface area contributed by atoms with Gasteiger partial charge in [0.15, 0.2) is 5.75 Å². The van der Waals surface area contributed by atoms with Gasteiger partial charge in [-0.2, -0.15) is 0 Å². The quantitative estimate of drug-likeness (QED) is 0.814. The van der Waals surface area contributed by atoms with E-state index < -0.39 is 0 Å². The summed E-state index contributed by atoms with van der Waals surface area (Å²) in [6.07, 6.45) is 0.960. The van der Waals surface area contributed by atoms with E-state index in [4.69, 9.17) is 27.9 Å². The van der Waals surface area contributed by atoms with Gasteiger partial charge >= 0.3 is 0 Å². The molecule has 1 fully saturated rings. The second kappa shape index (κ2) is 8.14. The SMILES string of the molecule is COc1c(Cl)cc(C(=O)NCC2CCN(c3ccc(F)cc3)C2)cc1Cl. The summed E-state index contributed by atoms with van der Waals surface area (Å²) in [5, 5.41) is 3.53. The molecule has 0 spiro atoms. The molecule has 3 rings (SSSR count). The number of anilines is 1. The van der Waals surface area contributed by atoms with E-state index in [-0.39, 0.29) is 11.7 Å². The van der Waals surface area contributed by atoms with Crippen molar-refractivity contribution in [2.24, 2.45) is 5.92 Å². The minimum Gasteiger partial charge on any atom is -0.494 e. The monoisotopic (exact) mass is 396 g/mol. The van der Waals surface area contributed by atoms with Crippen molar-refractivity contribution in [1.82, 2.24) is 5.32 Å². The number of amides is 1. The molecule has 0 aliphatic carbocycles. The van der Waals surface area contributed by atoms with Gasteiger partial charge in [0.25, 0.3) is 5.91 Å².